The zero-order valence-electron chi connectivity index (χ0n) is 12.6. The summed E-state index contributed by atoms with van der Waals surface area (Å²) >= 11 is 5.78. The quantitative estimate of drug-likeness (QED) is 0.769. The molecule has 0 aliphatic carbocycles. The number of aryl methyl sites for hydroxylation is 1. The van der Waals surface area contributed by atoms with Crippen molar-refractivity contribution in [2.45, 2.75) is 24.9 Å². The zero-order valence-corrected chi connectivity index (χ0v) is 14.2. The normalized spacial score (nSPS) is 11.4. The molecule has 0 atom stereocenters. The highest BCUT2D eigenvalue weighted by molar-refractivity contribution is 7.89. The van der Waals surface area contributed by atoms with Crippen LogP contribution in [0.2, 0.25) is 5.02 Å². The fraction of sp³-hybridized carbons (Fsp3) is 0.286. The molecule has 124 valence electrons. The number of rotatable bonds is 6. The van der Waals surface area contributed by atoms with Gasteiger partial charge in [-0.2, -0.15) is 5.10 Å². The molecule has 9 heteroatoms. The van der Waals surface area contributed by atoms with Gasteiger partial charge < -0.3 is 4.74 Å². The number of hydrogen-bond acceptors (Lipinski definition) is 5. The molecule has 2 N–H and O–H groups in total. The highest BCUT2D eigenvalue weighted by Crippen LogP contribution is 2.19. The fourth-order valence-electron chi connectivity index (χ4n) is 1.97. The number of benzene rings is 1. The van der Waals surface area contributed by atoms with E-state index in [4.69, 9.17) is 11.6 Å². The Morgan fingerprint density at radius 2 is 2.00 bits per heavy atom. The van der Waals surface area contributed by atoms with Crippen molar-refractivity contribution in [1.82, 2.24) is 14.9 Å². The van der Waals surface area contributed by atoms with Crippen molar-refractivity contribution < 1.29 is 17.9 Å². The van der Waals surface area contributed by atoms with Gasteiger partial charge >= 0.3 is 5.97 Å². The lowest BCUT2D eigenvalue weighted by molar-refractivity contribution is 0.0595. The predicted molar refractivity (Wildman–Crippen MR) is 84.8 cm³/mol. The number of carbonyl (C=O) groups excluding carboxylic acids is 1. The van der Waals surface area contributed by atoms with E-state index in [1.165, 1.54) is 7.11 Å². The largest absolute Gasteiger partial charge is 0.465 e. The molecule has 2 aromatic rings. The van der Waals surface area contributed by atoms with Gasteiger partial charge in [0.05, 0.1) is 12.8 Å². The van der Waals surface area contributed by atoms with Gasteiger partial charge in [0.25, 0.3) is 10.0 Å². The number of sulfonamides is 1. The van der Waals surface area contributed by atoms with Crippen LogP contribution in [0.3, 0.4) is 0 Å². The number of halogens is 1. The maximum absolute atomic E-state index is 12.4. The van der Waals surface area contributed by atoms with Gasteiger partial charge in [-0.25, -0.2) is 17.9 Å². The molecule has 0 amide bonds. The van der Waals surface area contributed by atoms with E-state index in [2.05, 4.69) is 19.7 Å². The topological polar surface area (TPSA) is 101 Å². The van der Waals surface area contributed by atoms with Crippen molar-refractivity contribution in [1.29, 1.82) is 0 Å². The Morgan fingerprint density at radius 1 is 1.35 bits per heavy atom. The van der Waals surface area contributed by atoms with Crippen LogP contribution in [0.1, 0.15) is 28.5 Å². The Bertz CT molecular complexity index is 800. The summed E-state index contributed by atoms with van der Waals surface area (Å²) in [5.41, 5.74) is 1.06. The van der Waals surface area contributed by atoms with Gasteiger partial charge in [0.1, 0.15) is 5.56 Å². The third-order valence-electron chi connectivity index (χ3n) is 3.19. The summed E-state index contributed by atoms with van der Waals surface area (Å²) in [6.45, 7) is 1.83. The number of nitrogens with zero attached hydrogens (tertiary/aromatic N) is 1. The van der Waals surface area contributed by atoms with E-state index in [-0.39, 0.29) is 17.1 Å². The minimum atomic E-state index is -3.97. The molecule has 1 aromatic heterocycles. The van der Waals surface area contributed by atoms with Gasteiger partial charge in [-0.1, -0.05) is 30.7 Å². The molecule has 0 saturated heterocycles. The predicted octanol–water partition coefficient (Wildman–Crippen LogP) is 1.89. The van der Waals surface area contributed by atoms with E-state index in [0.717, 1.165) is 5.56 Å². The number of aromatic nitrogens is 2. The molecular weight excluding hydrogens is 342 g/mol. The van der Waals surface area contributed by atoms with Crippen LogP contribution < -0.4 is 4.72 Å². The van der Waals surface area contributed by atoms with E-state index in [1.807, 2.05) is 0 Å². The number of methoxy groups -OCH3 is 1. The monoisotopic (exact) mass is 357 g/mol. The summed E-state index contributed by atoms with van der Waals surface area (Å²) < 4.78 is 31.9. The first-order valence-electron chi connectivity index (χ1n) is 6.78. The van der Waals surface area contributed by atoms with Gasteiger partial charge in [0.2, 0.25) is 5.03 Å². The number of esters is 1. The molecule has 0 radical (unpaired) electrons. The second kappa shape index (κ2) is 7.12. The van der Waals surface area contributed by atoms with Crippen LogP contribution in [0.15, 0.2) is 29.3 Å². The molecule has 0 unspecified atom stereocenters. The van der Waals surface area contributed by atoms with Gasteiger partial charge in [-0.05, 0) is 24.1 Å². The number of carbonyl (C=O) groups is 1. The molecule has 1 heterocycles. The first kappa shape index (κ1) is 17.5. The van der Waals surface area contributed by atoms with Crippen LogP contribution in [0.4, 0.5) is 0 Å². The summed E-state index contributed by atoms with van der Waals surface area (Å²) in [6, 6.07) is 6.73. The van der Waals surface area contributed by atoms with Crippen molar-refractivity contribution in [3.63, 3.8) is 0 Å². The lowest BCUT2D eigenvalue weighted by Gasteiger charge is -2.07. The third-order valence-corrected chi connectivity index (χ3v) is 4.77. The molecule has 23 heavy (non-hydrogen) atoms. The number of aromatic amines is 1. The number of H-pyrrole nitrogens is 1. The van der Waals surface area contributed by atoms with Gasteiger partial charge in [-0.15, -0.1) is 0 Å². The van der Waals surface area contributed by atoms with Crippen molar-refractivity contribution in [2.24, 2.45) is 0 Å². The van der Waals surface area contributed by atoms with Crippen LogP contribution in [0, 0.1) is 0 Å². The molecule has 0 spiro atoms. The van der Waals surface area contributed by atoms with Crippen LogP contribution in [0.25, 0.3) is 0 Å². The standard InChI is InChI=1S/C14H16ClN3O4S/c1-3-11-12(14(19)22-2)13(18-17-11)23(20,21)16-8-9-4-6-10(15)7-5-9/h4-7,16H,3,8H2,1-2H3,(H,17,18). The first-order chi connectivity index (χ1) is 10.9. The average molecular weight is 358 g/mol. The number of ether oxygens (including phenoxy) is 1. The summed E-state index contributed by atoms with van der Waals surface area (Å²) in [5, 5.41) is 6.51. The number of nitrogens with one attached hydrogen (secondary N) is 2. The minimum absolute atomic E-state index is 0.0500. The number of hydrogen-bond donors (Lipinski definition) is 2. The maximum atomic E-state index is 12.4. The average Bonchev–Trinajstić information content (AvgIpc) is 2.98. The molecule has 2 rings (SSSR count). The highest BCUT2D eigenvalue weighted by Gasteiger charge is 2.29. The Hall–Kier alpha value is -1.90. The lowest BCUT2D eigenvalue weighted by Crippen LogP contribution is -2.25. The van der Waals surface area contributed by atoms with E-state index in [9.17, 15) is 13.2 Å². The lowest BCUT2D eigenvalue weighted by atomic mass is 10.2. The molecule has 7 nitrogen and oxygen atoms in total. The summed E-state index contributed by atoms with van der Waals surface area (Å²) in [7, 11) is -2.78. The van der Waals surface area contributed by atoms with E-state index >= 15 is 0 Å². The van der Waals surface area contributed by atoms with Crippen molar-refractivity contribution >= 4 is 27.6 Å². The Kier molecular flexibility index (Phi) is 5.40. The second-order valence-corrected chi connectivity index (χ2v) is 6.80. The van der Waals surface area contributed by atoms with E-state index < -0.39 is 16.0 Å². The SMILES string of the molecule is CCc1[nH]nc(S(=O)(=O)NCc2ccc(Cl)cc2)c1C(=O)OC. The second-order valence-electron chi connectivity index (χ2n) is 4.68. The van der Waals surface area contributed by atoms with E-state index in [0.29, 0.717) is 17.1 Å². The molecule has 0 aliphatic heterocycles. The summed E-state index contributed by atoms with van der Waals surface area (Å²) in [4.78, 5) is 11.8. The molecule has 0 saturated carbocycles. The Morgan fingerprint density at radius 3 is 2.57 bits per heavy atom. The first-order valence-corrected chi connectivity index (χ1v) is 8.64. The van der Waals surface area contributed by atoms with E-state index in [1.54, 1.807) is 31.2 Å². The Labute approximate surface area is 139 Å². The van der Waals surface area contributed by atoms with Crippen molar-refractivity contribution in [3.05, 3.63) is 46.1 Å². The van der Waals surface area contributed by atoms with Crippen LogP contribution in [-0.2, 0) is 27.7 Å². The van der Waals surface area contributed by atoms with Gasteiger partial charge in [0, 0.05) is 11.6 Å². The minimum Gasteiger partial charge on any atom is -0.465 e. The van der Waals surface area contributed by atoms with Gasteiger partial charge in [-0.3, -0.25) is 5.10 Å². The molecular formula is C14H16ClN3O4S. The van der Waals surface area contributed by atoms with Crippen LogP contribution >= 0.6 is 11.6 Å². The highest BCUT2D eigenvalue weighted by atomic mass is 35.5. The molecule has 0 bridgehead atoms. The van der Waals surface area contributed by atoms with Crippen molar-refractivity contribution in [2.75, 3.05) is 7.11 Å². The summed E-state index contributed by atoms with van der Waals surface area (Å²) in [5.74, 6) is -0.748. The molecule has 0 fully saturated rings. The van der Waals surface area contributed by atoms with Gasteiger partial charge in [0.15, 0.2) is 0 Å². The molecule has 0 aliphatic rings. The van der Waals surface area contributed by atoms with Crippen LogP contribution in [-0.4, -0.2) is 31.7 Å². The third kappa shape index (κ3) is 3.90. The fourth-order valence-corrected chi connectivity index (χ4v) is 3.23. The summed E-state index contributed by atoms with van der Waals surface area (Å²) in [6.07, 6.45) is 0.421. The smallest absolute Gasteiger partial charge is 0.342 e. The Balaban J connectivity index is 2.27. The molecule has 1 aromatic carbocycles. The maximum Gasteiger partial charge on any atom is 0.342 e. The van der Waals surface area contributed by atoms with Crippen molar-refractivity contribution in [3.8, 4) is 0 Å². The zero-order chi connectivity index (χ0) is 17.0. The van der Waals surface area contributed by atoms with Crippen LogP contribution in [0.5, 0.6) is 0 Å².